The molecule has 1 heterocycles. The molecule has 0 aromatic heterocycles. The number of carbonyl (C=O) groups excluding carboxylic acids is 1. The molecule has 0 radical (unpaired) electrons. The van der Waals surface area contributed by atoms with E-state index in [-0.39, 0.29) is 10.5 Å². The number of sulfonamides is 1. The maximum absolute atomic E-state index is 12.7. The van der Waals surface area contributed by atoms with Gasteiger partial charge in [0, 0.05) is 24.4 Å². The van der Waals surface area contributed by atoms with Gasteiger partial charge in [-0.25, -0.2) is 13.8 Å². The fourth-order valence-corrected chi connectivity index (χ4v) is 4.45. The summed E-state index contributed by atoms with van der Waals surface area (Å²) in [7, 11) is -3.62. The van der Waals surface area contributed by atoms with Crippen molar-refractivity contribution in [1.29, 1.82) is 0 Å². The van der Waals surface area contributed by atoms with Crippen LogP contribution in [0.25, 0.3) is 0 Å². The van der Waals surface area contributed by atoms with Crippen molar-refractivity contribution in [2.75, 3.05) is 26.3 Å². The Balaban J connectivity index is 1.73. The summed E-state index contributed by atoms with van der Waals surface area (Å²) in [5.74, 6) is -0.392. The fourth-order valence-electron chi connectivity index (χ4n) is 3.00. The smallest absolute Gasteiger partial charge is 0.271 e. The first kappa shape index (κ1) is 18.0. The third-order valence-electron chi connectivity index (χ3n) is 4.45. The molecule has 1 amide bonds. The molecule has 1 aromatic carbocycles. The molecule has 1 aromatic rings. The first-order chi connectivity index (χ1) is 12.1. The number of carbonyl (C=O) groups is 1. The van der Waals surface area contributed by atoms with Crippen LogP contribution in [0.5, 0.6) is 0 Å². The van der Waals surface area contributed by atoms with Gasteiger partial charge in [0.15, 0.2) is 0 Å². The molecule has 1 saturated heterocycles. The van der Waals surface area contributed by atoms with E-state index in [1.54, 1.807) is 12.1 Å². The van der Waals surface area contributed by atoms with Crippen LogP contribution in [-0.4, -0.2) is 50.6 Å². The summed E-state index contributed by atoms with van der Waals surface area (Å²) in [6.45, 7) is 1.42. The van der Waals surface area contributed by atoms with E-state index in [0.29, 0.717) is 26.3 Å². The zero-order valence-corrected chi connectivity index (χ0v) is 14.9. The van der Waals surface area contributed by atoms with Crippen molar-refractivity contribution < 1.29 is 17.9 Å². The highest BCUT2D eigenvalue weighted by atomic mass is 32.2. The number of amides is 1. The lowest BCUT2D eigenvalue weighted by molar-refractivity contribution is 0.0730. The molecule has 0 atom stereocenters. The molecule has 0 spiro atoms. The Hall–Kier alpha value is -1.77. The molecule has 1 saturated carbocycles. The monoisotopic (exact) mass is 365 g/mol. The zero-order valence-electron chi connectivity index (χ0n) is 14.1. The third-order valence-corrected chi connectivity index (χ3v) is 6.34. The second kappa shape index (κ2) is 8.07. The Bertz CT molecular complexity index is 747. The second-order valence-electron chi connectivity index (χ2n) is 6.22. The average Bonchev–Trinajstić information content (AvgIpc) is 2.67. The Kier molecular flexibility index (Phi) is 5.82. The first-order valence-electron chi connectivity index (χ1n) is 8.61. The molecule has 25 heavy (non-hydrogen) atoms. The second-order valence-corrected chi connectivity index (χ2v) is 8.16. The van der Waals surface area contributed by atoms with Crippen molar-refractivity contribution >= 4 is 21.6 Å². The number of hydrogen-bond acceptors (Lipinski definition) is 5. The van der Waals surface area contributed by atoms with Gasteiger partial charge in [-0.2, -0.15) is 9.41 Å². The van der Waals surface area contributed by atoms with Gasteiger partial charge in [-0.05, 0) is 43.9 Å². The van der Waals surface area contributed by atoms with E-state index in [1.165, 1.54) is 22.9 Å². The molecule has 1 aliphatic heterocycles. The molecule has 7 nitrogen and oxygen atoms in total. The van der Waals surface area contributed by atoms with Crippen LogP contribution in [0.4, 0.5) is 0 Å². The summed E-state index contributed by atoms with van der Waals surface area (Å²) in [5, 5.41) is 4.18. The molecule has 3 rings (SSSR count). The van der Waals surface area contributed by atoms with Crippen molar-refractivity contribution in [1.82, 2.24) is 9.73 Å². The topological polar surface area (TPSA) is 88.1 Å². The molecule has 1 aliphatic carbocycles. The number of morpholine rings is 1. The maximum atomic E-state index is 12.7. The molecule has 8 heteroatoms. The molecular formula is C17H23N3O4S. The molecule has 136 valence electrons. The van der Waals surface area contributed by atoms with Crippen LogP contribution in [0.2, 0.25) is 0 Å². The largest absolute Gasteiger partial charge is 0.379 e. The van der Waals surface area contributed by atoms with Gasteiger partial charge in [0.05, 0.1) is 18.1 Å². The summed E-state index contributed by atoms with van der Waals surface area (Å²) >= 11 is 0. The van der Waals surface area contributed by atoms with Gasteiger partial charge < -0.3 is 4.74 Å². The lowest BCUT2D eigenvalue weighted by Crippen LogP contribution is -2.40. The van der Waals surface area contributed by atoms with Crippen LogP contribution in [0, 0.1) is 0 Å². The Morgan fingerprint density at radius 2 is 1.84 bits per heavy atom. The summed E-state index contributed by atoms with van der Waals surface area (Å²) in [6, 6.07) is 6.08. The van der Waals surface area contributed by atoms with E-state index in [9.17, 15) is 13.2 Å². The standard InChI is InChI=1S/C17H23N3O4S/c21-17(19-18-15-6-2-1-3-7-15)14-5-4-8-16(13-14)25(22,23)20-9-11-24-12-10-20/h4-5,8,13H,1-3,6-7,9-12H2,(H,19,21). The van der Waals surface area contributed by atoms with Crippen LogP contribution >= 0.6 is 0 Å². The number of rotatable bonds is 4. The number of hydrogen-bond donors (Lipinski definition) is 1. The van der Waals surface area contributed by atoms with E-state index >= 15 is 0 Å². The summed E-state index contributed by atoms with van der Waals surface area (Å²) in [5.41, 5.74) is 3.83. The SMILES string of the molecule is O=C(NN=C1CCCCC1)c1cccc(S(=O)(=O)N2CCOCC2)c1. The van der Waals surface area contributed by atoms with E-state index in [4.69, 9.17) is 4.74 Å². The minimum absolute atomic E-state index is 0.118. The Morgan fingerprint density at radius 1 is 1.12 bits per heavy atom. The van der Waals surface area contributed by atoms with Crippen LogP contribution in [-0.2, 0) is 14.8 Å². The van der Waals surface area contributed by atoms with E-state index in [1.807, 2.05) is 0 Å². The molecule has 0 bridgehead atoms. The van der Waals surface area contributed by atoms with Gasteiger partial charge in [0.1, 0.15) is 0 Å². The van der Waals surface area contributed by atoms with Crippen molar-refractivity contribution in [3.05, 3.63) is 29.8 Å². The normalized spacial score (nSPS) is 19.4. The highest BCUT2D eigenvalue weighted by Gasteiger charge is 2.26. The maximum Gasteiger partial charge on any atom is 0.271 e. The van der Waals surface area contributed by atoms with Gasteiger partial charge in [-0.1, -0.05) is 12.5 Å². The molecule has 1 N–H and O–H groups in total. The number of benzene rings is 1. The quantitative estimate of drug-likeness (QED) is 0.824. The minimum Gasteiger partial charge on any atom is -0.379 e. The average molecular weight is 365 g/mol. The van der Waals surface area contributed by atoms with E-state index < -0.39 is 15.9 Å². The lowest BCUT2D eigenvalue weighted by Gasteiger charge is -2.26. The van der Waals surface area contributed by atoms with E-state index in [0.717, 1.165) is 31.4 Å². The van der Waals surface area contributed by atoms with Crippen molar-refractivity contribution in [2.45, 2.75) is 37.0 Å². The predicted molar refractivity (Wildman–Crippen MR) is 94.0 cm³/mol. The zero-order chi connectivity index (χ0) is 17.7. The third kappa shape index (κ3) is 4.45. The summed E-state index contributed by atoms with van der Waals surface area (Å²) in [6.07, 6.45) is 5.22. The van der Waals surface area contributed by atoms with Gasteiger partial charge in [0.25, 0.3) is 5.91 Å². The fraction of sp³-hybridized carbons (Fsp3) is 0.529. The number of ether oxygens (including phenoxy) is 1. The van der Waals surface area contributed by atoms with Crippen molar-refractivity contribution in [2.24, 2.45) is 5.10 Å². The van der Waals surface area contributed by atoms with Gasteiger partial charge >= 0.3 is 0 Å². The summed E-state index contributed by atoms with van der Waals surface area (Å²) < 4.78 is 31.9. The van der Waals surface area contributed by atoms with Crippen LogP contribution < -0.4 is 5.43 Å². The molecule has 2 aliphatic rings. The Morgan fingerprint density at radius 3 is 2.56 bits per heavy atom. The Labute approximate surface area is 148 Å². The summed E-state index contributed by atoms with van der Waals surface area (Å²) in [4.78, 5) is 12.4. The highest BCUT2D eigenvalue weighted by Crippen LogP contribution is 2.18. The number of nitrogens with zero attached hydrogens (tertiary/aromatic N) is 2. The predicted octanol–water partition coefficient (Wildman–Crippen LogP) is 1.76. The van der Waals surface area contributed by atoms with Crippen molar-refractivity contribution in [3.63, 3.8) is 0 Å². The molecule has 2 fully saturated rings. The van der Waals surface area contributed by atoms with Crippen LogP contribution in [0.15, 0.2) is 34.3 Å². The first-order valence-corrected chi connectivity index (χ1v) is 10.0. The highest BCUT2D eigenvalue weighted by molar-refractivity contribution is 7.89. The number of nitrogens with one attached hydrogen (secondary N) is 1. The number of hydrazone groups is 1. The van der Waals surface area contributed by atoms with Crippen LogP contribution in [0.1, 0.15) is 42.5 Å². The van der Waals surface area contributed by atoms with Gasteiger partial charge in [0.2, 0.25) is 10.0 Å². The van der Waals surface area contributed by atoms with Gasteiger partial charge in [-0.15, -0.1) is 0 Å². The molecular weight excluding hydrogens is 342 g/mol. The van der Waals surface area contributed by atoms with Crippen LogP contribution in [0.3, 0.4) is 0 Å². The van der Waals surface area contributed by atoms with E-state index in [2.05, 4.69) is 10.5 Å². The lowest BCUT2D eigenvalue weighted by atomic mass is 9.99. The molecule has 0 unspecified atom stereocenters. The minimum atomic E-state index is -3.62. The van der Waals surface area contributed by atoms with Crippen molar-refractivity contribution in [3.8, 4) is 0 Å². The van der Waals surface area contributed by atoms with Gasteiger partial charge in [-0.3, -0.25) is 4.79 Å².